The van der Waals surface area contributed by atoms with Crippen LogP contribution in [0, 0.1) is 23.7 Å². The number of aliphatic carboxylic acids is 1. The van der Waals surface area contributed by atoms with E-state index in [1.165, 1.54) is 30.9 Å². The molecule has 0 aliphatic heterocycles. The number of hydrogen-bond donors (Lipinski definition) is 2. The molecule has 166 valence electrons. The second-order valence-electron chi connectivity index (χ2n) is 9.21. The van der Waals surface area contributed by atoms with Crippen molar-refractivity contribution in [1.29, 1.82) is 0 Å². The van der Waals surface area contributed by atoms with Crippen molar-refractivity contribution in [2.24, 2.45) is 23.7 Å². The molecule has 5 unspecified atom stereocenters. The van der Waals surface area contributed by atoms with Crippen LogP contribution in [0.4, 0.5) is 0 Å². The molecule has 30 heavy (non-hydrogen) atoms. The minimum atomic E-state index is -1.18. The molecule has 0 aromatic heterocycles. The number of aliphatic hydroxyl groups is 1. The van der Waals surface area contributed by atoms with Gasteiger partial charge in [-0.1, -0.05) is 26.0 Å². The molecule has 2 aliphatic rings. The van der Waals surface area contributed by atoms with Crippen LogP contribution in [0.5, 0.6) is 5.75 Å². The molecular formula is C24H34O6. The summed E-state index contributed by atoms with van der Waals surface area (Å²) in [6.07, 6.45) is 4.92. The molecule has 1 saturated carbocycles. The van der Waals surface area contributed by atoms with Crippen LogP contribution in [0.3, 0.4) is 0 Å². The summed E-state index contributed by atoms with van der Waals surface area (Å²) < 4.78 is 10.6. The summed E-state index contributed by atoms with van der Waals surface area (Å²) in [6.45, 7) is 5.16. The molecule has 5 atom stereocenters. The van der Waals surface area contributed by atoms with Crippen molar-refractivity contribution in [2.75, 3.05) is 6.61 Å². The highest BCUT2D eigenvalue weighted by Crippen LogP contribution is 2.48. The predicted octanol–water partition coefficient (Wildman–Crippen LogP) is 3.62. The number of benzene rings is 1. The molecule has 3 rings (SSSR count). The van der Waals surface area contributed by atoms with Crippen LogP contribution in [0.1, 0.15) is 57.6 Å². The third kappa shape index (κ3) is 5.34. The third-order valence-corrected chi connectivity index (χ3v) is 6.88. The number of carboxylic acid groups (broad SMARTS) is 1. The summed E-state index contributed by atoms with van der Waals surface area (Å²) in [5.74, 6) is 1.07. The lowest BCUT2D eigenvalue weighted by molar-refractivity contribution is -0.163. The number of carbonyl (C=O) groups excluding carboxylic acids is 1. The van der Waals surface area contributed by atoms with Gasteiger partial charge in [0, 0.05) is 0 Å². The quantitative estimate of drug-likeness (QED) is 0.595. The maximum absolute atomic E-state index is 11.9. The van der Waals surface area contributed by atoms with Gasteiger partial charge in [0.2, 0.25) is 0 Å². The maximum Gasteiger partial charge on any atom is 0.345 e. The number of carboxylic acids is 1. The van der Waals surface area contributed by atoms with Gasteiger partial charge in [0.05, 0.1) is 6.10 Å². The van der Waals surface area contributed by atoms with E-state index < -0.39 is 18.0 Å². The molecule has 2 aliphatic carbocycles. The van der Waals surface area contributed by atoms with E-state index in [4.69, 9.17) is 14.6 Å². The Kier molecular flexibility index (Phi) is 7.40. The topological polar surface area (TPSA) is 93.1 Å². The smallest absolute Gasteiger partial charge is 0.345 e. The lowest BCUT2D eigenvalue weighted by Gasteiger charge is -2.32. The predicted molar refractivity (Wildman–Crippen MR) is 112 cm³/mol. The summed E-state index contributed by atoms with van der Waals surface area (Å²) >= 11 is 0. The number of rotatable bonds is 9. The molecular weight excluding hydrogens is 384 g/mol. The number of esters is 1. The van der Waals surface area contributed by atoms with Crippen LogP contribution in [0.25, 0.3) is 0 Å². The zero-order valence-electron chi connectivity index (χ0n) is 18.2. The lowest BCUT2D eigenvalue weighted by Crippen LogP contribution is -2.28. The average molecular weight is 419 g/mol. The van der Waals surface area contributed by atoms with E-state index >= 15 is 0 Å². The van der Waals surface area contributed by atoms with Crippen molar-refractivity contribution in [1.82, 2.24) is 0 Å². The van der Waals surface area contributed by atoms with Crippen LogP contribution < -0.4 is 4.74 Å². The molecule has 0 heterocycles. The Hall–Kier alpha value is -2.08. The first-order valence-corrected chi connectivity index (χ1v) is 11.1. The van der Waals surface area contributed by atoms with Crippen LogP contribution >= 0.6 is 0 Å². The molecule has 1 aromatic carbocycles. The fraction of sp³-hybridized carbons (Fsp3) is 0.667. The normalized spacial score (nSPS) is 24.6. The van der Waals surface area contributed by atoms with Gasteiger partial charge < -0.3 is 19.7 Å². The van der Waals surface area contributed by atoms with Gasteiger partial charge in [0.15, 0.2) is 12.7 Å². The van der Waals surface area contributed by atoms with Gasteiger partial charge in [0.25, 0.3) is 0 Å². The molecule has 1 fully saturated rings. The summed E-state index contributed by atoms with van der Waals surface area (Å²) in [7, 11) is 0. The first-order valence-electron chi connectivity index (χ1n) is 11.1. The zero-order chi connectivity index (χ0) is 21.8. The van der Waals surface area contributed by atoms with E-state index in [1.54, 1.807) is 0 Å². The van der Waals surface area contributed by atoms with E-state index in [0.29, 0.717) is 29.4 Å². The highest BCUT2D eigenvalue weighted by Gasteiger charge is 2.40. The molecule has 0 bridgehead atoms. The summed E-state index contributed by atoms with van der Waals surface area (Å²) in [6, 6.07) is 5.96. The summed E-state index contributed by atoms with van der Waals surface area (Å²) in [4.78, 5) is 22.7. The largest absolute Gasteiger partial charge is 0.482 e. The minimum Gasteiger partial charge on any atom is -0.482 e. The maximum atomic E-state index is 11.9. The van der Waals surface area contributed by atoms with Crippen LogP contribution in [-0.4, -0.2) is 41.0 Å². The first-order chi connectivity index (χ1) is 14.3. The van der Waals surface area contributed by atoms with Crippen LogP contribution in [0.2, 0.25) is 0 Å². The molecule has 1 aromatic rings. The highest BCUT2D eigenvalue weighted by atomic mass is 16.6. The molecule has 0 radical (unpaired) electrons. The van der Waals surface area contributed by atoms with Gasteiger partial charge in [-0.05, 0) is 86.3 Å². The minimum absolute atomic E-state index is 0.219. The summed E-state index contributed by atoms with van der Waals surface area (Å²) in [5.41, 5.74) is 2.44. The van der Waals surface area contributed by atoms with Gasteiger partial charge in [-0.25, -0.2) is 9.59 Å². The van der Waals surface area contributed by atoms with Crippen molar-refractivity contribution in [3.63, 3.8) is 0 Å². The van der Waals surface area contributed by atoms with Crippen molar-refractivity contribution in [3.05, 3.63) is 29.3 Å². The average Bonchev–Trinajstić information content (AvgIpc) is 3.10. The Balaban J connectivity index is 1.61. The Morgan fingerprint density at radius 3 is 2.63 bits per heavy atom. The zero-order valence-corrected chi connectivity index (χ0v) is 18.2. The lowest BCUT2D eigenvalue weighted by atomic mass is 9.73. The monoisotopic (exact) mass is 418 g/mol. The molecule has 0 spiro atoms. The van der Waals surface area contributed by atoms with Gasteiger partial charge in [-0.3, -0.25) is 0 Å². The Bertz CT molecular complexity index is 758. The molecule has 6 heteroatoms. The van der Waals surface area contributed by atoms with Crippen LogP contribution in [0.15, 0.2) is 18.2 Å². The fourth-order valence-electron chi connectivity index (χ4n) is 5.01. The van der Waals surface area contributed by atoms with Crippen molar-refractivity contribution in [2.45, 2.75) is 71.5 Å². The van der Waals surface area contributed by atoms with E-state index in [1.807, 2.05) is 12.1 Å². The second kappa shape index (κ2) is 9.82. The number of aliphatic hydroxyl groups excluding tert-OH is 1. The Morgan fingerprint density at radius 1 is 1.17 bits per heavy atom. The van der Waals surface area contributed by atoms with E-state index in [0.717, 1.165) is 25.7 Å². The Morgan fingerprint density at radius 2 is 1.93 bits per heavy atom. The standard InChI is InChI=1S/C24H34O6/c1-14(2)21(25)10-9-16-7-8-18-12-20-17(11-19(16)18)5-4-6-22(20)29-13-23(26)30-15(3)24(27)28/h4-6,14-16,18-19,21,25H,7-13H2,1-3H3,(H,27,28). The first kappa shape index (κ1) is 22.6. The van der Waals surface area contributed by atoms with E-state index in [2.05, 4.69) is 19.9 Å². The third-order valence-electron chi connectivity index (χ3n) is 6.88. The molecule has 0 saturated heterocycles. The van der Waals surface area contributed by atoms with E-state index in [-0.39, 0.29) is 12.7 Å². The van der Waals surface area contributed by atoms with Crippen molar-refractivity contribution < 1.29 is 29.3 Å². The number of carbonyl (C=O) groups is 2. The molecule has 6 nitrogen and oxygen atoms in total. The molecule has 2 N–H and O–H groups in total. The Labute approximate surface area is 178 Å². The highest BCUT2D eigenvalue weighted by molar-refractivity contribution is 5.78. The fourth-order valence-corrected chi connectivity index (χ4v) is 5.01. The summed E-state index contributed by atoms with van der Waals surface area (Å²) in [5, 5.41) is 19.0. The van der Waals surface area contributed by atoms with Crippen LogP contribution in [-0.2, 0) is 27.2 Å². The van der Waals surface area contributed by atoms with Gasteiger partial charge >= 0.3 is 11.9 Å². The van der Waals surface area contributed by atoms with Gasteiger partial charge in [-0.15, -0.1) is 0 Å². The van der Waals surface area contributed by atoms with E-state index in [9.17, 15) is 14.7 Å². The number of ether oxygens (including phenoxy) is 2. The number of fused-ring (bicyclic) bond motifs is 2. The van der Waals surface area contributed by atoms with Crippen molar-refractivity contribution >= 4 is 11.9 Å². The second-order valence-corrected chi connectivity index (χ2v) is 9.21. The molecule has 0 amide bonds. The van der Waals surface area contributed by atoms with Gasteiger partial charge in [0.1, 0.15) is 5.75 Å². The van der Waals surface area contributed by atoms with Crippen molar-refractivity contribution in [3.8, 4) is 5.75 Å². The number of hydrogen-bond acceptors (Lipinski definition) is 5. The van der Waals surface area contributed by atoms with Gasteiger partial charge in [-0.2, -0.15) is 0 Å². The SMILES string of the molecule is CC(OC(=O)COc1cccc2c1CC1CCC(CCC(O)C(C)C)C1C2)C(=O)O.